The van der Waals surface area contributed by atoms with Crippen molar-refractivity contribution >= 4 is 11.7 Å². The number of carbonyl (C=O) groups excluding carboxylic acids is 1. The SMILES string of the molecule is CC(C)c1ccc(NC(=O)N2CCC2)cc1. The van der Waals surface area contributed by atoms with E-state index in [1.54, 1.807) is 0 Å². The zero-order valence-corrected chi connectivity index (χ0v) is 9.86. The lowest BCUT2D eigenvalue weighted by Crippen LogP contribution is -2.44. The summed E-state index contributed by atoms with van der Waals surface area (Å²) >= 11 is 0. The van der Waals surface area contributed by atoms with Crippen LogP contribution in [0.5, 0.6) is 0 Å². The summed E-state index contributed by atoms with van der Waals surface area (Å²) in [7, 11) is 0. The Balaban J connectivity index is 1.96. The molecule has 1 N–H and O–H groups in total. The summed E-state index contributed by atoms with van der Waals surface area (Å²) in [5.41, 5.74) is 2.17. The van der Waals surface area contributed by atoms with Crippen molar-refractivity contribution in [2.24, 2.45) is 0 Å². The van der Waals surface area contributed by atoms with Gasteiger partial charge in [0, 0.05) is 18.8 Å². The van der Waals surface area contributed by atoms with Crippen LogP contribution in [-0.4, -0.2) is 24.0 Å². The van der Waals surface area contributed by atoms with Crippen molar-refractivity contribution in [1.82, 2.24) is 4.90 Å². The van der Waals surface area contributed by atoms with E-state index in [2.05, 4.69) is 31.3 Å². The lowest BCUT2D eigenvalue weighted by atomic mass is 10.0. The minimum atomic E-state index is 0.0172. The van der Waals surface area contributed by atoms with Gasteiger partial charge in [-0.3, -0.25) is 0 Å². The van der Waals surface area contributed by atoms with Gasteiger partial charge in [0.2, 0.25) is 0 Å². The molecule has 0 saturated carbocycles. The first kappa shape index (κ1) is 11.0. The fourth-order valence-corrected chi connectivity index (χ4v) is 1.67. The number of rotatable bonds is 2. The van der Waals surface area contributed by atoms with Gasteiger partial charge in [-0.25, -0.2) is 4.79 Å². The molecule has 1 heterocycles. The highest BCUT2D eigenvalue weighted by Crippen LogP contribution is 2.18. The lowest BCUT2D eigenvalue weighted by Gasteiger charge is -2.30. The molecular weight excluding hydrogens is 200 g/mol. The molecule has 0 radical (unpaired) electrons. The Kier molecular flexibility index (Phi) is 3.13. The van der Waals surface area contributed by atoms with Gasteiger partial charge < -0.3 is 10.2 Å². The molecule has 1 saturated heterocycles. The number of likely N-dealkylation sites (tertiary alicyclic amines) is 1. The maximum absolute atomic E-state index is 11.6. The topological polar surface area (TPSA) is 32.3 Å². The van der Waals surface area contributed by atoms with E-state index in [-0.39, 0.29) is 6.03 Å². The molecule has 0 bridgehead atoms. The number of hydrogen-bond acceptors (Lipinski definition) is 1. The van der Waals surface area contributed by atoms with Gasteiger partial charge in [0.25, 0.3) is 0 Å². The maximum atomic E-state index is 11.6. The molecule has 1 fully saturated rings. The van der Waals surface area contributed by atoms with Gasteiger partial charge in [0.05, 0.1) is 0 Å². The second-order valence-corrected chi connectivity index (χ2v) is 4.55. The molecule has 16 heavy (non-hydrogen) atoms. The number of nitrogens with one attached hydrogen (secondary N) is 1. The van der Waals surface area contributed by atoms with Crippen molar-refractivity contribution < 1.29 is 4.79 Å². The largest absolute Gasteiger partial charge is 0.324 e. The van der Waals surface area contributed by atoms with Gasteiger partial charge in [-0.1, -0.05) is 26.0 Å². The zero-order valence-electron chi connectivity index (χ0n) is 9.86. The van der Waals surface area contributed by atoms with Gasteiger partial charge >= 0.3 is 6.03 Å². The number of amides is 2. The zero-order chi connectivity index (χ0) is 11.5. The first-order valence-corrected chi connectivity index (χ1v) is 5.82. The van der Waals surface area contributed by atoms with Gasteiger partial charge in [-0.2, -0.15) is 0 Å². The van der Waals surface area contributed by atoms with Crippen LogP contribution in [0.4, 0.5) is 10.5 Å². The van der Waals surface area contributed by atoms with Crippen molar-refractivity contribution in [3.63, 3.8) is 0 Å². The van der Waals surface area contributed by atoms with Gasteiger partial charge in [0.15, 0.2) is 0 Å². The predicted molar refractivity (Wildman–Crippen MR) is 65.7 cm³/mol. The summed E-state index contributed by atoms with van der Waals surface area (Å²) in [6.45, 7) is 6.09. The minimum Gasteiger partial charge on any atom is -0.324 e. The van der Waals surface area contributed by atoms with Crippen LogP contribution in [0, 0.1) is 0 Å². The summed E-state index contributed by atoms with van der Waals surface area (Å²) < 4.78 is 0. The molecular formula is C13H18N2O. The van der Waals surface area contributed by atoms with Crippen molar-refractivity contribution in [3.05, 3.63) is 29.8 Å². The summed E-state index contributed by atoms with van der Waals surface area (Å²) in [6, 6.07) is 8.08. The van der Waals surface area contributed by atoms with E-state index in [0.717, 1.165) is 25.2 Å². The van der Waals surface area contributed by atoms with E-state index in [9.17, 15) is 4.79 Å². The number of benzene rings is 1. The molecule has 3 heteroatoms. The Morgan fingerprint density at radius 1 is 1.25 bits per heavy atom. The molecule has 1 aliphatic heterocycles. The van der Waals surface area contributed by atoms with E-state index in [1.807, 2.05) is 17.0 Å². The normalized spacial score (nSPS) is 14.8. The predicted octanol–water partition coefficient (Wildman–Crippen LogP) is 3.05. The second kappa shape index (κ2) is 4.56. The number of carbonyl (C=O) groups is 1. The Labute approximate surface area is 96.5 Å². The number of hydrogen-bond donors (Lipinski definition) is 1. The van der Waals surface area contributed by atoms with Gasteiger partial charge in [-0.05, 0) is 30.0 Å². The fourth-order valence-electron chi connectivity index (χ4n) is 1.67. The van der Waals surface area contributed by atoms with E-state index < -0.39 is 0 Å². The van der Waals surface area contributed by atoms with Crippen LogP contribution in [0.1, 0.15) is 31.7 Å². The van der Waals surface area contributed by atoms with Crippen LogP contribution in [0.2, 0.25) is 0 Å². The van der Waals surface area contributed by atoms with Crippen molar-refractivity contribution in [3.8, 4) is 0 Å². The smallest absolute Gasteiger partial charge is 0.321 e. The summed E-state index contributed by atoms with van der Waals surface area (Å²) in [4.78, 5) is 13.4. The van der Waals surface area contributed by atoms with Crippen LogP contribution in [0.25, 0.3) is 0 Å². The first-order chi connectivity index (χ1) is 7.66. The molecule has 0 aromatic heterocycles. The number of urea groups is 1. The molecule has 0 atom stereocenters. The Morgan fingerprint density at radius 3 is 2.31 bits per heavy atom. The van der Waals surface area contributed by atoms with Crippen molar-refractivity contribution in [2.45, 2.75) is 26.2 Å². The Morgan fingerprint density at radius 2 is 1.88 bits per heavy atom. The highest BCUT2D eigenvalue weighted by Gasteiger charge is 2.19. The highest BCUT2D eigenvalue weighted by molar-refractivity contribution is 5.89. The molecule has 1 aromatic carbocycles. The fraction of sp³-hybridized carbons (Fsp3) is 0.462. The van der Waals surface area contributed by atoms with Crippen molar-refractivity contribution in [2.75, 3.05) is 18.4 Å². The van der Waals surface area contributed by atoms with Crippen LogP contribution < -0.4 is 5.32 Å². The van der Waals surface area contributed by atoms with E-state index in [0.29, 0.717) is 5.92 Å². The highest BCUT2D eigenvalue weighted by atomic mass is 16.2. The molecule has 0 spiro atoms. The molecule has 1 aromatic rings. The maximum Gasteiger partial charge on any atom is 0.321 e. The number of nitrogens with zero attached hydrogens (tertiary/aromatic N) is 1. The third-order valence-electron chi connectivity index (χ3n) is 2.97. The molecule has 0 unspecified atom stereocenters. The van der Waals surface area contributed by atoms with Crippen LogP contribution in [-0.2, 0) is 0 Å². The molecule has 3 nitrogen and oxygen atoms in total. The van der Waals surface area contributed by atoms with Crippen LogP contribution >= 0.6 is 0 Å². The average Bonchev–Trinajstić information content (AvgIpc) is 2.15. The Hall–Kier alpha value is -1.51. The standard InChI is InChI=1S/C13H18N2O/c1-10(2)11-4-6-12(7-5-11)14-13(16)15-8-3-9-15/h4-7,10H,3,8-9H2,1-2H3,(H,14,16). The minimum absolute atomic E-state index is 0.0172. The van der Waals surface area contributed by atoms with Crippen LogP contribution in [0.15, 0.2) is 24.3 Å². The monoisotopic (exact) mass is 218 g/mol. The quantitative estimate of drug-likeness (QED) is 0.813. The molecule has 2 amide bonds. The van der Waals surface area contributed by atoms with E-state index >= 15 is 0 Å². The summed E-state index contributed by atoms with van der Waals surface area (Å²) in [5.74, 6) is 0.528. The molecule has 2 rings (SSSR count). The third-order valence-corrected chi connectivity index (χ3v) is 2.97. The molecule has 86 valence electrons. The van der Waals surface area contributed by atoms with E-state index in [1.165, 1.54) is 5.56 Å². The summed E-state index contributed by atoms with van der Waals surface area (Å²) in [5, 5.41) is 2.90. The average molecular weight is 218 g/mol. The summed E-state index contributed by atoms with van der Waals surface area (Å²) in [6.07, 6.45) is 1.12. The molecule has 1 aliphatic rings. The van der Waals surface area contributed by atoms with Crippen molar-refractivity contribution in [1.29, 1.82) is 0 Å². The van der Waals surface area contributed by atoms with Gasteiger partial charge in [0.1, 0.15) is 0 Å². The van der Waals surface area contributed by atoms with Gasteiger partial charge in [-0.15, -0.1) is 0 Å². The van der Waals surface area contributed by atoms with E-state index in [4.69, 9.17) is 0 Å². The Bertz CT molecular complexity index is 366. The first-order valence-electron chi connectivity index (χ1n) is 5.82. The lowest BCUT2D eigenvalue weighted by molar-refractivity contribution is 0.181. The molecule has 0 aliphatic carbocycles. The number of anilines is 1. The van der Waals surface area contributed by atoms with Crippen LogP contribution in [0.3, 0.4) is 0 Å². The second-order valence-electron chi connectivity index (χ2n) is 4.55. The third kappa shape index (κ3) is 2.35.